The van der Waals surface area contributed by atoms with Crippen molar-refractivity contribution in [3.05, 3.63) is 47.3 Å². The highest BCUT2D eigenvalue weighted by atomic mass is 19.4. The third-order valence-corrected chi connectivity index (χ3v) is 3.51. The number of benzene rings is 1. The zero-order valence-electron chi connectivity index (χ0n) is 13.3. The van der Waals surface area contributed by atoms with E-state index in [9.17, 15) is 26.7 Å². The molecule has 2 amide bonds. The predicted octanol–water partition coefficient (Wildman–Crippen LogP) is 3.99. The highest BCUT2D eigenvalue weighted by molar-refractivity contribution is 5.89. The molecule has 0 fully saturated rings. The highest BCUT2D eigenvalue weighted by Gasteiger charge is 2.38. The zero-order chi connectivity index (χ0) is 18.8. The number of nitrogens with zero attached hydrogens (tertiary/aromatic N) is 2. The van der Waals surface area contributed by atoms with E-state index < -0.39 is 41.1 Å². The van der Waals surface area contributed by atoms with Gasteiger partial charge in [-0.15, -0.1) is 0 Å². The topological polar surface area (TPSA) is 59.0 Å². The second-order valence-electron chi connectivity index (χ2n) is 5.25. The molecule has 0 unspecified atom stereocenters. The lowest BCUT2D eigenvalue weighted by atomic mass is 10.1. The van der Waals surface area contributed by atoms with Crippen LogP contribution in [0.4, 0.5) is 32.4 Å². The normalized spacial score (nSPS) is 12.8. The van der Waals surface area contributed by atoms with Crippen molar-refractivity contribution in [2.45, 2.75) is 25.6 Å². The summed E-state index contributed by atoms with van der Waals surface area (Å²) in [5, 5.41) is 8.66. The first-order valence-electron chi connectivity index (χ1n) is 7.25. The van der Waals surface area contributed by atoms with E-state index in [-0.39, 0.29) is 0 Å². The molecule has 0 saturated heterocycles. The number of aromatic nitrogens is 2. The Labute approximate surface area is 139 Å². The quantitative estimate of drug-likeness (QED) is 0.808. The van der Waals surface area contributed by atoms with Crippen LogP contribution in [0.2, 0.25) is 0 Å². The Kier molecular flexibility index (Phi) is 5.29. The number of aryl methyl sites for hydroxylation is 1. The summed E-state index contributed by atoms with van der Waals surface area (Å²) in [5.74, 6) is -3.61. The number of carbonyl (C=O) groups is 1. The van der Waals surface area contributed by atoms with Gasteiger partial charge in [-0.1, -0.05) is 6.92 Å². The molecule has 1 heterocycles. The smallest absolute Gasteiger partial charge is 0.330 e. The zero-order valence-corrected chi connectivity index (χ0v) is 13.3. The largest absolute Gasteiger partial charge is 0.422 e. The van der Waals surface area contributed by atoms with Gasteiger partial charge in [-0.05, 0) is 24.6 Å². The van der Waals surface area contributed by atoms with E-state index in [0.29, 0.717) is 24.2 Å². The van der Waals surface area contributed by atoms with Gasteiger partial charge in [0.15, 0.2) is 0 Å². The maximum Gasteiger partial charge on any atom is 0.422 e. The summed E-state index contributed by atoms with van der Waals surface area (Å²) in [5.41, 5.74) is -1.73. The van der Waals surface area contributed by atoms with Crippen molar-refractivity contribution in [3.8, 4) is 0 Å². The number of urea groups is 1. The van der Waals surface area contributed by atoms with E-state index in [1.54, 1.807) is 24.7 Å². The van der Waals surface area contributed by atoms with E-state index in [2.05, 4.69) is 15.7 Å². The molecular weight excluding hydrogens is 347 g/mol. The maximum absolute atomic E-state index is 13.5. The number of anilines is 1. The summed E-state index contributed by atoms with van der Waals surface area (Å²) in [6, 6.07) is 1.27. The van der Waals surface area contributed by atoms with E-state index in [4.69, 9.17) is 0 Å². The van der Waals surface area contributed by atoms with Crippen molar-refractivity contribution in [3.63, 3.8) is 0 Å². The second-order valence-corrected chi connectivity index (χ2v) is 5.25. The molecule has 1 atom stereocenters. The van der Waals surface area contributed by atoms with Crippen molar-refractivity contribution in [1.29, 1.82) is 0 Å². The number of hydrogen-bond donors (Lipinski definition) is 2. The standard InChI is InChI=1S/C15H15F5N4O/c1-3-11(12-4-5-21-24(12)2)23-14(25)22-8-6-9(16)13(10(17)7-8)15(18,19)20/h4-7,11H,3H2,1-2H3,(H2,22,23,25)/t11-/m1/s1. The summed E-state index contributed by atoms with van der Waals surface area (Å²) < 4.78 is 66.2. The summed E-state index contributed by atoms with van der Waals surface area (Å²) in [6.07, 6.45) is -3.12. The molecule has 0 aliphatic heterocycles. The number of rotatable bonds is 4. The number of hydrogen-bond acceptors (Lipinski definition) is 2. The minimum absolute atomic E-state index is 0.413. The lowest BCUT2D eigenvalue weighted by Gasteiger charge is -2.18. The first-order valence-corrected chi connectivity index (χ1v) is 7.25. The second kappa shape index (κ2) is 7.08. The van der Waals surface area contributed by atoms with Crippen LogP contribution >= 0.6 is 0 Å². The molecule has 0 spiro atoms. The fourth-order valence-corrected chi connectivity index (χ4v) is 2.35. The third-order valence-electron chi connectivity index (χ3n) is 3.51. The molecule has 2 rings (SSSR count). The van der Waals surface area contributed by atoms with Crippen LogP contribution in [0.5, 0.6) is 0 Å². The molecule has 10 heteroatoms. The first-order chi connectivity index (χ1) is 11.6. The average molecular weight is 362 g/mol. The molecule has 5 nitrogen and oxygen atoms in total. The molecule has 0 aliphatic rings. The minimum Gasteiger partial charge on any atom is -0.330 e. The van der Waals surface area contributed by atoms with Gasteiger partial charge in [0.05, 0.1) is 11.7 Å². The Morgan fingerprint density at radius 3 is 2.32 bits per heavy atom. The summed E-state index contributed by atoms with van der Waals surface area (Å²) in [7, 11) is 1.68. The molecule has 2 N–H and O–H groups in total. The number of amides is 2. The SMILES string of the molecule is CC[C@@H](NC(=O)Nc1cc(F)c(C(F)(F)F)c(F)c1)c1ccnn1C. The molecule has 1 aromatic carbocycles. The van der Waals surface area contributed by atoms with E-state index >= 15 is 0 Å². The fraction of sp³-hybridized carbons (Fsp3) is 0.333. The van der Waals surface area contributed by atoms with Gasteiger partial charge >= 0.3 is 12.2 Å². The molecule has 1 aromatic heterocycles. The van der Waals surface area contributed by atoms with Crippen LogP contribution in [0, 0.1) is 11.6 Å². The van der Waals surface area contributed by atoms with Crippen LogP contribution in [-0.2, 0) is 13.2 Å². The molecular formula is C15H15F5N4O. The lowest BCUT2D eigenvalue weighted by Crippen LogP contribution is -2.33. The predicted molar refractivity (Wildman–Crippen MR) is 79.8 cm³/mol. The Hall–Kier alpha value is -2.65. The molecule has 0 bridgehead atoms. The van der Waals surface area contributed by atoms with Gasteiger partial charge in [0.25, 0.3) is 0 Å². The molecule has 0 saturated carbocycles. The van der Waals surface area contributed by atoms with Gasteiger partial charge in [0.2, 0.25) is 0 Å². The van der Waals surface area contributed by atoms with Crippen LogP contribution < -0.4 is 10.6 Å². The van der Waals surface area contributed by atoms with Gasteiger partial charge in [0, 0.05) is 18.9 Å². The van der Waals surface area contributed by atoms with Crippen LogP contribution in [0.3, 0.4) is 0 Å². The number of nitrogens with one attached hydrogen (secondary N) is 2. The molecule has 0 aliphatic carbocycles. The van der Waals surface area contributed by atoms with Crippen molar-refractivity contribution in [2.75, 3.05) is 5.32 Å². The first kappa shape index (κ1) is 18.7. The Morgan fingerprint density at radius 1 is 1.28 bits per heavy atom. The van der Waals surface area contributed by atoms with E-state index in [1.807, 2.05) is 0 Å². The van der Waals surface area contributed by atoms with Gasteiger partial charge in [0.1, 0.15) is 17.2 Å². The van der Waals surface area contributed by atoms with Gasteiger partial charge < -0.3 is 10.6 Å². The Bertz CT molecular complexity index is 749. The fourth-order valence-electron chi connectivity index (χ4n) is 2.35. The van der Waals surface area contributed by atoms with Crippen LogP contribution in [0.25, 0.3) is 0 Å². The van der Waals surface area contributed by atoms with E-state index in [0.717, 1.165) is 0 Å². The highest BCUT2D eigenvalue weighted by Crippen LogP contribution is 2.34. The molecule has 0 radical (unpaired) electrons. The van der Waals surface area contributed by atoms with E-state index in [1.165, 1.54) is 6.20 Å². The molecule has 25 heavy (non-hydrogen) atoms. The summed E-state index contributed by atoms with van der Waals surface area (Å²) >= 11 is 0. The van der Waals surface area contributed by atoms with Crippen molar-refractivity contribution >= 4 is 11.7 Å². The van der Waals surface area contributed by atoms with Crippen LogP contribution in [-0.4, -0.2) is 15.8 Å². The van der Waals surface area contributed by atoms with Crippen molar-refractivity contribution < 1.29 is 26.7 Å². The average Bonchev–Trinajstić information content (AvgIpc) is 2.88. The number of carbonyl (C=O) groups excluding carboxylic acids is 1. The molecule has 136 valence electrons. The lowest BCUT2D eigenvalue weighted by molar-refractivity contribution is -0.142. The third kappa shape index (κ3) is 4.25. The minimum atomic E-state index is -5.16. The monoisotopic (exact) mass is 362 g/mol. The van der Waals surface area contributed by atoms with Crippen LogP contribution in [0.15, 0.2) is 24.4 Å². The van der Waals surface area contributed by atoms with Gasteiger partial charge in [-0.3, -0.25) is 4.68 Å². The maximum atomic E-state index is 13.5. The molecule has 2 aromatic rings. The number of alkyl halides is 3. The Balaban J connectivity index is 2.14. The van der Waals surface area contributed by atoms with Crippen molar-refractivity contribution in [1.82, 2.24) is 15.1 Å². The summed E-state index contributed by atoms with van der Waals surface area (Å²) in [4.78, 5) is 12.0. The van der Waals surface area contributed by atoms with Crippen molar-refractivity contribution in [2.24, 2.45) is 7.05 Å². The van der Waals surface area contributed by atoms with Crippen LogP contribution in [0.1, 0.15) is 30.6 Å². The Morgan fingerprint density at radius 2 is 1.88 bits per heavy atom. The number of halogens is 5. The van der Waals surface area contributed by atoms with Gasteiger partial charge in [-0.25, -0.2) is 13.6 Å². The van der Waals surface area contributed by atoms with Gasteiger partial charge in [-0.2, -0.15) is 18.3 Å². The summed E-state index contributed by atoms with van der Waals surface area (Å²) in [6.45, 7) is 1.80.